The predicted octanol–water partition coefficient (Wildman–Crippen LogP) is 2.46. The van der Waals surface area contributed by atoms with Crippen LogP contribution in [-0.2, 0) is 13.0 Å². The Labute approximate surface area is 132 Å². The van der Waals surface area contributed by atoms with Gasteiger partial charge in [-0.05, 0) is 64.7 Å². The first-order valence-electron chi connectivity index (χ1n) is 7.44. The molecule has 0 fully saturated rings. The van der Waals surface area contributed by atoms with E-state index in [-0.39, 0.29) is 6.42 Å². The first-order chi connectivity index (χ1) is 9.24. The molecular weight excluding hydrogens is 320 g/mol. The zero-order valence-corrected chi connectivity index (χ0v) is 17.5. The van der Waals surface area contributed by atoms with E-state index in [4.69, 9.17) is 13.3 Å². The third kappa shape index (κ3) is 9.72. The Balaban J connectivity index is 4.80. The molecule has 0 radical (unpaired) electrons. The van der Waals surface area contributed by atoms with Gasteiger partial charge in [0.1, 0.15) is 5.60 Å². The molecule has 0 saturated carbocycles. The van der Waals surface area contributed by atoms with Crippen molar-refractivity contribution in [3.8, 4) is 0 Å². The van der Waals surface area contributed by atoms with Crippen molar-refractivity contribution in [1.29, 1.82) is 0 Å². The first-order valence-corrected chi connectivity index (χ1v) is 16.8. The highest BCUT2D eigenvalue weighted by molar-refractivity contribution is 6.87. The molecule has 0 aliphatic rings. The molecule has 0 spiro atoms. The highest BCUT2D eigenvalue weighted by atomic mass is 28.5. The van der Waals surface area contributed by atoms with Gasteiger partial charge in [0.25, 0.3) is 0 Å². The Bertz CT molecular complexity index is 322. The highest BCUT2D eigenvalue weighted by Gasteiger charge is 2.40. The summed E-state index contributed by atoms with van der Waals surface area (Å²) in [5.41, 5.74) is -1.63. The first kappa shape index (κ1) is 21.2. The molecule has 0 bridgehead atoms. The number of hydrogen-bond donors (Lipinski definition) is 2. The quantitative estimate of drug-likeness (QED) is 0.466. The molecule has 21 heavy (non-hydrogen) atoms. The molecule has 0 amide bonds. The van der Waals surface area contributed by atoms with Gasteiger partial charge in [0.15, 0.2) is 22.9 Å². The molecule has 1 unspecified atom stereocenters. The van der Waals surface area contributed by atoms with Gasteiger partial charge in [-0.1, -0.05) is 0 Å². The molecule has 0 rings (SSSR count). The van der Waals surface area contributed by atoms with Crippen LogP contribution in [0.15, 0.2) is 0 Å². The third-order valence-electron chi connectivity index (χ3n) is 2.78. The maximum atomic E-state index is 10.8. The van der Waals surface area contributed by atoms with E-state index < -0.39 is 37.4 Å². The van der Waals surface area contributed by atoms with E-state index in [9.17, 15) is 9.90 Å². The second-order valence-corrected chi connectivity index (χ2v) is 20.6. The summed E-state index contributed by atoms with van der Waals surface area (Å²) in [6.45, 7) is 14.4. The number of hydrogen-bond acceptors (Lipinski definition) is 5. The van der Waals surface area contributed by atoms with Crippen molar-refractivity contribution >= 4 is 31.5 Å². The lowest BCUT2D eigenvalue weighted by molar-refractivity contribution is -0.128. The van der Waals surface area contributed by atoms with E-state index in [1.165, 1.54) is 0 Å². The van der Waals surface area contributed by atoms with E-state index in [0.29, 0.717) is 12.7 Å². The van der Waals surface area contributed by atoms with E-state index >= 15 is 0 Å². The van der Waals surface area contributed by atoms with Gasteiger partial charge in [0.2, 0.25) is 0 Å². The third-order valence-corrected chi connectivity index (χ3v) is 12.4. The van der Waals surface area contributed by atoms with Crippen LogP contribution in [0.2, 0.25) is 51.9 Å². The van der Waals surface area contributed by atoms with Crippen LogP contribution in [0.4, 0.5) is 0 Å². The predicted molar refractivity (Wildman–Crippen MR) is 92.6 cm³/mol. The van der Waals surface area contributed by atoms with Gasteiger partial charge in [-0.15, -0.1) is 0 Å². The molecule has 0 saturated heterocycles. The molecular formula is C13H32O5Si3. The number of aliphatic hydroxyl groups is 2. The van der Waals surface area contributed by atoms with Gasteiger partial charge in [0, 0.05) is 0 Å². The van der Waals surface area contributed by atoms with E-state index in [1.807, 2.05) is 0 Å². The van der Waals surface area contributed by atoms with Gasteiger partial charge in [0.05, 0.1) is 6.61 Å². The molecule has 0 heterocycles. The number of carbonyl (C=O) groups is 1. The normalized spacial score (nSPS) is 16.6. The van der Waals surface area contributed by atoms with Gasteiger partial charge in [-0.25, -0.2) is 0 Å². The summed E-state index contributed by atoms with van der Waals surface area (Å²) < 4.78 is 12.7. The largest absolute Gasteiger partial charge is 0.437 e. The van der Waals surface area contributed by atoms with Crippen LogP contribution in [0.25, 0.3) is 0 Å². The summed E-state index contributed by atoms with van der Waals surface area (Å²) in [5, 5.41) is 18.9. The van der Waals surface area contributed by atoms with Crippen LogP contribution >= 0.6 is 0 Å². The number of carbonyl (C=O) groups excluding carboxylic acids is 1. The Morgan fingerprint density at radius 1 is 1.00 bits per heavy atom. The molecule has 2 N–H and O–H groups in total. The maximum absolute atomic E-state index is 10.8. The molecule has 0 aromatic heterocycles. The van der Waals surface area contributed by atoms with Crippen LogP contribution in [0.5, 0.6) is 0 Å². The summed E-state index contributed by atoms with van der Waals surface area (Å²) in [4.78, 5) is 10.8. The van der Waals surface area contributed by atoms with Gasteiger partial charge in [-0.3, -0.25) is 0 Å². The summed E-state index contributed by atoms with van der Waals surface area (Å²) >= 11 is 0. The summed E-state index contributed by atoms with van der Waals surface area (Å²) in [5.74, 6) is 0. The maximum Gasteiger partial charge on any atom is 0.314 e. The highest BCUT2D eigenvalue weighted by Crippen LogP contribution is 2.27. The van der Waals surface area contributed by atoms with Gasteiger partial charge >= 0.3 is 8.56 Å². The Hall–Kier alpha value is 0.161. The van der Waals surface area contributed by atoms with E-state index in [0.717, 1.165) is 6.04 Å². The molecule has 1 atom stereocenters. The fourth-order valence-corrected chi connectivity index (χ4v) is 14.8. The minimum atomic E-state index is -2.33. The van der Waals surface area contributed by atoms with Crippen LogP contribution in [0.3, 0.4) is 0 Å². The lowest BCUT2D eigenvalue weighted by atomic mass is 10.0. The second-order valence-electron chi connectivity index (χ2n) is 7.80. The standard InChI is InChI=1S/C13H32O5Si3/c1-19(2,3)17-21(7,18-20(4,5)6)10-8-9-13(16,11-14)12-15/h11,15-16H,8-10,12H2,1-7H3. The zero-order chi connectivity index (χ0) is 16.9. The minimum absolute atomic E-state index is 0.236. The Morgan fingerprint density at radius 3 is 1.71 bits per heavy atom. The van der Waals surface area contributed by atoms with Gasteiger partial charge < -0.3 is 23.2 Å². The van der Waals surface area contributed by atoms with E-state index in [1.54, 1.807) is 0 Å². The average Bonchev–Trinajstić information content (AvgIpc) is 2.23. The number of aldehydes is 1. The van der Waals surface area contributed by atoms with Crippen molar-refractivity contribution in [2.75, 3.05) is 6.61 Å². The Morgan fingerprint density at radius 2 is 1.43 bits per heavy atom. The molecule has 0 aromatic rings. The van der Waals surface area contributed by atoms with Crippen LogP contribution < -0.4 is 0 Å². The van der Waals surface area contributed by atoms with Crippen molar-refractivity contribution < 1.29 is 23.2 Å². The lowest BCUT2D eigenvalue weighted by Crippen LogP contribution is -2.52. The molecule has 126 valence electrons. The molecule has 5 nitrogen and oxygen atoms in total. The fraction of sp³-hybridized carbons (Fsp3) is 0.923. The monoisotopic (exact) mass is 352 g/mol. The number of aliphatic hydroxyl groups excluding tert-OH is 1. The van der Waals surface area contributed by atoms with Crippen LogP contribution in [0, 0.1) is 0 Å². The smallest absolute Gasteiger partial charge is 0.314 e. The van der Waals surface area contributed by atoms with Gasteiger partial charge in [-0.2, -0.15) is 0 Å². The summed E-state index contributed by atoms with van der Waals surface area (Å²) in [6, 6.07) is 0.720. The lowest BCUT2D eigenvalue weighted by Gasteiger charge is -2.38. The molecule has 8 heteroatoms. The van der Waals surface area contributed by atoms with Crippen molar-refractivity contribution in [2.24, 2.45) is 0 Å². The average molecular weight is 353 g/mol. The molecule has 0 aromatic carbocycles. The minimum Gasteiger partial charge on any atom is -0.437 e. The number of rotatable bonds is 10. The summed E-state index contributed by atoms with van der Waals surface area (Å²) in [7, 11) is -5.79. The fourth-order valence-electron chi connectivity index (χ4n) is 2.31. The molecule has 0 aliphatic carbocycles. The van der Waals surface area contributed by atoms with Crippen molar-refractivity contribution in [3.05, 3.63) is 0 Å². The second kappa shape index (κ2) is 7.62. The van der Waals surface area contributed by atoms with Crippen molar-refractivity contribution in [3.63, 3.8) is 0 Å². The Kier molecular flexibility index (Phi) is 7.68. The SMILES string of the molecule is C[Si](C)(C)O[Si](C)(CCCC(O)(C=O)CO)O[Si](C)(C)C. The molecule has 0 aliphatic heterocycles. The van der Waals surface area contributed by atoms with Crippen molar-refractivity contribution in [2.45, 2.75) is 70.3 Å². The topological polar surface area (TPSA) is 76.0 Å². The van der Waals surface area contributed by atoms with Crippen LogP contribution in [-0.4, -0.2) is 53.9 Å². The summed E-state index contributed by atoms with van der Waals surface area (Å²) in [6.07, 6.45) is 1.26. The van der Waals surface area contributed by atoms with Crippen molar-refractivity contribution in [1.82, 2.24) is 0 Å². The zero-order valence-electron chi connectivity index (χ0n) is 14.5. The van der Waals surface area contributed by atoms with Crippen LogP contribution in [0.1, 0.15) is 12.8 Å². The van der Waals surface area contributed by atoms with E-state index in [2.05, 4.69) is 45.8 Å².